The molecule has 1 heterocycles. The van der Waals surface area contributed by atoms with E-state index in [1.54, 1.807) is 19.1 Å². The van der Waals surface area contributed by atoms with E-state index < -0.39 is 10.0 Å². The van der Waals surface area contributed by atoms with Crippen molar-refractivity contribution in [3.8, 4) is 0 Å². The van der Waals surface area contributed by atoms with Crippen LogP contribution in [0.3, 0.4) is 0 Å². The molecule has 1 saturated heterocycles. The highest BCUT2D eigenvalue weighted by molar-refractivity contribution is 7.89. The van der Waals surface area contributed by atoms with Crippen molar-refractivity contribution in [3.05, 3.63) is 29.3 Å². The summed E-state index contributed by atoms with van der Waals surface area (Å²) in [6.45, 7) is 2.24. The maximum absolute atomic E-state index is 12.3. The number of benzene rings is 1. The molecule has 0 saturated carbocycles. The molecule has 1 aromatic rings. The maximum atomic E-state index is 12.3. The second-order valence-electron chi connectivity index (χ2n) is 4.96. The molecule has 7 heteroatoms. The van der Waals surface area contributed by atoms with Gasteiger partial charge in [-0.2, -0.15) is 0 Å². The van der Waals surface area contributed by atoms with E-state index >= 15 is 0 Å². The third-order valence-electron chi connectivity index (χ3n) is 3.38. The van der Waals surface area contributed by atoms with Gasteiger partial charge in [0.2, 0.25) is 15.9 Å². The first-order valence-corrected chi connectivity index (χ1v) is 7.99. The molecule has 110 valence electrons. The van der Waals surface area contributed by atoms with Crippen LogP contribution in [0.2, 0.25) is 0 Å². The number of hydrogen-bond donors (Lipinski definition) is 3. The average molecular weight is 297 g/mol. The van der Waals surface area contributed by atoms with E-state index in [1.807, 2.05) is 6.07 Å². The third kappa shape index (κ3) is 3.36. The van der Waals surface area contributed by atoms with Crippen molar-refractivity contribution in [2.75, 3.05) is 6.54 Å². The fourth-order valence-electron chi connectivity index (χ4n) is 2.18. The van der Waals surface area contributed by atoms with Gasteiger partial charge in [-0.05, 0) is 30.5 Å². The Hall–Kier alpha value is -1.44. The van der Waals surface area contributed by atoms with E-state index in [2.05, 4.69) is 10.0 Å². The fourth-order valence-corrected chi connectivity index (χ4v) is 3.55. The van der Waals surface area contributed by atoms with Crippen LogP contribution in [-0.2, 0) is 21.4 Å². The van der Waals surface area contributed by atoms with Crippen LogP contribution >= 0.6 is 0 Å². The summed E-state index contributed by atoms with van der Waals surface area (Å²) in [7, 11) is -3.59. The zero-order valence-corrected chi connectivity index (χ0v) is 12.2. The molecule has 0 bridgehead atoms. The van der Waals surface area contributed by atoms with Crippen LogP contribution in [-0.4, -0.2) is 26.9 Å². The lowest BCUT2D eigenvalue weighted by Crippen LogP contribution is -2.38. The van der Waals surface area contributed by atoms with Gasteiger partial charge >= 0.3 is 0 Å². The van der Waals surface area contributed by atoms with E-state index in [0.29, 0.717) is 24.9 Å². The molecule has 1 atom stereocenters. The molecule has 1 aromatic carbocycles. The minimum atomic E-state index is -3.59. The van der Waals surface area contributed by atoms with Gasteiger partial charge in [-0.25, -0.2) is 13.1 Å². The van der Waals surface area contributed by atoms with Gasteiger partial charge in [-0.3, -0.25) is 4.79 Å². The normalized spacial score (nSPS) is 19.1. The third-order valence-corrected chi connectivity index (χ3v) is 4.95. The number of hydrogen-bond acceptors (Lipinski definition) is 4. The highest BCUT2D eigenvalue weighted by atomic mass is 32.2. The predicted molar refractivity (Wildman–Crippen MR) is 75.4 cm³/mol. The van der Waals surface area contributed by atoms with Crippen LogP contribution in [0.1, 0.15) is 24.0 Å². The van der Waals surface area contributed by atoms with Crippen LogP contribution in [0, 0.1) is 6.92 Å². The van der Waals surface area contributed by atoms with E-state index in [1.165, 1.54) is 0 Å². The molecule has 0 aliphatic carbocycles. The minimum absolute atomic E-state index is 0.0319. The van der Waals surface area contributed by atoms with Crippen molar-refractivity contribution in [3.63, 3.8) is 0 Å². The quantitative estimate of drug-likeness (QED) is 0.712. The van der Waals surface area contributed by atoms with Gasteiger partial charge in [0.25, 0.3) is 0 Å². The lowest BCUT2D eigenvalue weighted by atomic mass is 10.1. The van der Waals surface area contributed by atoms with Crippen molar-refractivity contribution < 1.29 is 13.2 Å². The van der Waals surface area contributed by atoms with Gasteiger partial charge in [0.15, 0.2) is 0 Å². The summed E-state index contributed by atoms with van der Waals surface area (Å²) in [6.07, 6.45) is 1.11. The van der Waals surface area contributed by atoms with Crippen molar-refractivity contribution in [1.82, 2.24) is 10.0 Å². The SMILES string of the molecule is Cc1ccc(CN)cc1S(=O)(=O)NCC1CCC(=O)N1. The Bertz CT molecular complexity index is 613. The molecule has 20 heavy (non-hydrogen) atoms. The maximum Gasteiger partial charge on any atom is 0.240 e. The first kappa shape index (κ1) is 15.0. The zero-order valence-electron chi connectivity index (χ0n) is 11.3. The summed E-state index contributed by atoms with van der Waals surface area (Å²) < 4.78 is 27.1. The first-order valence-electron chi connectivity index (χ1n) is 6.51. The molecule has 0 spiro atoms. The summed E-state index contributed by atoms with van der Waals surface area (Å²) in [6, 6.07) is 5.01. The van der Waals surface area contributed by atoms with Crippen molar-refractivity contribution in [2.45, 2.75) is 37.2 Å². The number of nitrogens with one attached hydrogen (secondary N) is 2. The Morgan fingerprint density at radius 1 is 1.45 bits per heavy atom. The highest BCUT2D eigenvalue weighted by Crippen LogP contribution is 2.17. The van der Waals surface area contributed by atoms with Crippen molar-refractivity contribution >= 4 is 15.9 Å². The largest absolute Gasteiger partial charge is 0.352 e. The monoisotopic (exact) mass is 297 g/mol. The first-order chi connectivity index (χ1) is 9.42. The van der Waals surface area contributed by atoms with Crippen LogP contribution < -0.4 is 15.8 Å². The Morgan fingerprint density at radius 2 is 2.20 bits per heavy atom. The van der Waals surface area contributed by atoms with Gasteiger partial charge in [-0.1, -0.05) is 12.1 Å². The van der Waals surface area contributed by atoms with Gasteiger partial charge in [-0.15, -0.1) is 0 Å². The predicted octanol–water partition coefficient (Wildman–Crippen LogP) is 0.0106. The Balaban J connectivity index is 2.11. The molecule has 1 amide bonds. The Morgan fingerprint density at radius 3 is 2.80 bits per heavy atom. The number of nitrogens with two attached hydrogens (primary N) is 1. The molecule has 1 aliphatic heterocycles. The molecule has 6 nitrogen and oxygen atoms in total. The number of carbonyl (C=O) groups excluding carboxylic acids is 1. The van der Waals surface area contributed by atoms with E-state index in [9.17, 15) is 13.2 Å². The standard InChI is InChI=1S/C13H19N3O3S/c1-9-2-3-10(7-14)6-12(9)20(18,19)15-8-11-4-5-13(17)16-11/h2-3,6,11,15H,4-5,7-8,14H2,1H3,(H,16,17). The zero-order chi connectivity index (χ0) is 14.8. The molecule has 2 rings (SSSR count). The number of amides is 1. The van der Waals surface area contributed by atoms with Gasteiger partial charge in [0, 0.05) is 25.6 Å². The molecule has 1 unspecified atom stereocenters. The van der Waals surface area contributed by atoms with E-state index in [-0.39, 0.29) is 23.4 Å². The second kappa shape index (κ2) is 5.90. The minimum Gasteiger partial charge on any atom is -0.352 e. The van der Waals surface area contributed by atoms with Crippen LogP contribution in [0.25, 0.3) is 0 Å². The molecular formula is C13H19N3O3S. The Labute approximate surface area is 118 Å². The van der Waals surface area contributed by atoms with Gasteiger partial charge in [0.05, 0.1) is 4.90 Å². The summed E-state index contributed by atoms with van der Waals surface area (Å²) in [5.74, 6) is -0.0319. The van der Waals surface area contributed by atoms with Crippen LogP contribution in [0.15, 0.2) is 23.1 Å². The van der Waals surface area contributed by atoms with Gasteiger partial charge < -0.3 is 11.1 Å². The molecule has 0 aromatic heterocycles. The second-order valence-corrected chi connectivity index (χ2v) is 6.69. The summed E-state index contributed by atoms with van der Waals surface area (Å²) in [5.41, 5.74) is 6.98. The lowest BCUT2D eigenvalue weighted by molar-refractivity contribution is -0.119. The summed E-state index contributed by atoms with van der Waals surface area (Å²) in [5, 5.41) is 2.73. The van der Waals surface area contributed by atoms with Crippen molar-refractivity contribution in [1.29, 1.82) is 0 Å². The smallest absolute Gasteiger partial charge is 0.240 e. The van der Waals surface area contributed by atoms with Crippen LogP contribution in [0.5, 0.6) is 0 Å². The van der Waals surface area contributed by atoms with E-state index in [4.69, 9.17) is 5.73 Å². The summed E-state index contributed by atoms with van der Waals surface area (Å²) in [4.78, 5) is 11.3. The number of aryl methyl sites for hydroxylation is 1. The number of carbonyl (C=O) groups is 1. The topological polar surface area (TPSA) is 101 Å². The molecular weight excluding hydrogens is 278 g/mol. The highest BCUT2D eigenvalue weighted by Gasteiger charge is 2.24. The summed E-state index contributed by atoms with van der Waals surface area (Å²) >= 11 is 0. The fraction of sp³-hybridized carbons (Fsp3) is 0.462. The van der Waals surface area contributed by atoms with Crippen molar-refractivity contribution in [2.24, 2.45) is 5.73 Å². The molecule has 1 fully saturated rings. The molecule has 0 radical (unpaired) electrons. The molecule has 1 aliphatic rings. The number of rotatable bonds is 5. The van der Waals surface area contributed by atoms with Crippen LogP contribution in [0.4, 0.5) is 0 Å². The average Bonchev–Trinajstić information content (AvgIpc) is 2.83. The molecule has 4 N–H and O–H groups in total. The van der Waals surface area contributed by atoms with Gasteiger partial charge in [0.1, 0.15) is 0 Å². The lowest BCUT2D eigenvalue weighted by Gasteiger charge is -2.14. The Kier molecular flexibility index (Phi) is 4.42. The van der Waals surface area contributed by atoms with E-state index in [0.717, 1.165) is 5.56 Å². The number of sulfonamides is 1.